The summed E-state index contributed by atoms with van der Waals surface area (Å²) in [6.07, 6.45) is 8.51. The minimum atomic E-state index is -0.520. The average Bonchev–Trinajstić information content (AvgIpc) is 2.16. The second kappa shape index (κ2) is 13.1. The van der Waals surface area contributed by atoms with Gasteiger partial charge in [0.25, 0.3) is 0 Å². The molecule has 0 unspecified atom stereocenters. The molecule has 0 saturated carbocycles. The first-order chi connectivity index (χ1) is 6.31. The van der Waals surface area contributed by atoms with Crippen LogP contribution in [0.15, 0.2) is 0 Å². The fraction of sp³-hybridized carbons (Fsp3) is 0.900. The second-order valence-electron chi connectivity index (χ2n) is 3.33. The van der Waals surface area contributed by atoms with E-state index in [0.29, 0.717) is 6.42 Å². The van der Waals surface area contributed by atoms with Gasteiger partial charge in [0.05, 0.1) is 0 Å². The van der Waals surface area contributed by atoms with Gasteiger partial charge in [-0.15, -0.1) is 0 Å². The number of rotatable bonds is 8. The van der Waals surface area contributed by atoms with Gasteiger partial charge >= 0.3 is 5.97 Å². The van der Waals surface area contributed by atoms with Crippen LogP contribution in [0.3, 0.4) is 0 Å². The molecule has 0 aliphatic rings. The van der Waals surface area contributed by atoms with Crippen LogP contribution in [0.1, 0.15) is 58.3 Å². The summed E-state index contributed by atoms with van der Waals surface area (Å²) in [6, 6.07) is 0. The first-order valence-corrected chi connectivity index (χ1v) is 5.15. The van der Waals surface area contributed by atoms with E-state index in [4.69, 9.17) is 5.26 Å². The van der Waals surface area contributed by atoms with E-state index < -0.39 is 5.97 Å². The maximum absolute atomic E-state index is 10.5. The Morgan fingerprint density at radius 2 is 1.57 bits per heavy atom. The molecule has 0 bridgehead atoms. The maximum Gasteiger partial charge on any atom is 0.342 e. The normalized spacial score (nSPS) is 9.29. The average molecular weight is 236 g/mol. The molecule has 0 aromatic rings. The predicted octanol–water partition coefficient (Wildman–Crippen LogP) is 3.14. The molecule has 0 atom stereocenters. The van der Waals surface area contributed by atoms with Gasteiger partial charge in [0.1, 0.15) is 0 Å². The third kappa shape index (κ3) is 12.1. The zero-order valence-corrected chi connectivity index (χ0v) is 10.5. The summed E-state index contributed by atoms with van der Waals surface area (Å²) in [5, 5.41) is 7.96. The molecule has 1 N–H and O–H groups in total. The molecule has 0 heterocycles. The zero-order chi connectivity index (χ0) is 9.94. The molecule has 0 radical (unpaired) electrons. The van der Waals surface area contributed by atoms with Crippen LogP contribution in [0.2, 0.25) is 0 Å². The van der Waals surface area contributed by atoms with Gasteiger partial charge < -0.3 is 4.89 Å². The van der Waals surface area contributed by atoms with Gasteiger partial charge in [-0.25, -0.2) is 4.79 Å². The fourth-order valence-corrected chi connectivity index (χ4v) is 1.27. The summed E-state index contributed by atoms with van der Waals surface area (Å²) in [7, 11) is 0. The van der Waals surface area contributed by atoms with Crippen molar-refractivity contribution in [2.45, 2.75) is 58.3 Å². The molecule has 3 nitrogen and oxygen atoms in total. The molecule has 82 valence electrons. The number of carbonyl (C=O) groups is 1. The Bertz CT molecular complexity index is 129. The van der Waals surface area contributed by atoms with Crippen molar-refractivity contribution in [1.82, 2.24) is 0 Å². The van der Waals surface area contributed by atoms with Crippen molar-refractivity contribution < 1.29 is 36.7 Å². The molecular formula is C10H20O3Ti. The molecule has 0 spiro atoms. The van der Waals surface area contributed by atoms with Crippen LogP contribution >= 0.6 is 0 Å². The van der Waals surface area contributed by atoms with Gasteiger partial charge in [0, 0.05) is 28.1 Å². The van der Waals surface area contributed by atoms with Crippen molar-refractivity contribution in [3.8, 4) is 0 Å². The molecule has 0 rings (SSSR count). The summed E-state index contributed by atoms with van der Waals surface area (Å²) >= 11 is 0. The van der Waals surface area contributed by atoms with Crippen molar-refractivity contribution in [3.05, 3.63) is 0 Å². The van der Waals surface area contributed by atoms with E-state index in [1.165, 1.54) is 32.1 Å². The minimum absolute atomic E-state index is 0. The molecule has 0 saturated heterocycles. The van der Waals surface area contributed by atoms with E-state index in [-0.39, 0.29) is 21.7 Å². The van der Waals surface area contributed by atoms with Crippen LogP contribution in [-0.4, -0.2) is 11.2 Å². The standard InChI is InChI=1S/C10H20O3.Ti/c1-2-3-4-5-6-7-8-9-10(11)13-12;/h12H,2-9H2,1H3;. The number of carbonyl (C=O) groups excluding carboxylic acids is 1. The SMILES string of the molecule is CCCCCCCCCC(=O)OO.[Ti]. The van der Waals surface area contributed by atoms with Gasteiger partial charge in [0.2, 0.25) is 0 Å². The number of hydrogen-bond acceptors (Lipinski definition) is 3. The Hall–Kier alpha value is 0.144. The van der Waals surface area contributed by atoms with E-state index in [9.17, 15) is 4.79 Å². The Morgan fingerprint density at radius 3 is 2.07 bits per heavy atom. The van der Waals surface area contributed by atoms with Gasteiger partial charge in [-0.2, -0.15) is 5.26 Å². The van der Waals surface area contributed by atoms with Crippen LogP contribution in [0, 0.1) is 0 Å². The van der Waals surface area contributed by atoms with Gasteiger partial charge in [-0.1, -0.05) is 45.4 Å². The molecule has 0 aromatic carbocycles. The van der Waals surface area contributed by atoms with E-state index >= 15 is 0 Å². The Labute approximate surface area is 101 Å². The van der Waals surface area contributed by atoms with Crippen LogP contribution in [0.4, 0.5) is 0 Å². The molecule has 0 aliphatic carbocycles. The molecule has 0 fully saturated rings. The van der Waals surface area contributed by atoms with E-state index in [1.807, 2.05) is 0 Å². The molecular weight excluding hydrogens is 216 g/mol. The van der Waals surface area contributed by atoms with Gasteiger partial charge in [-0.3, -0.25) is 0 Å². The topological polar surface area (TPSA) is 46.5 Å². The quantitative estimate of drug-likeness (QED) is 0.305. The second-order valence-corrected chi connectivity index (χ2v) is 3.33. The Balaban J connectivity index is 0. The number of unbranched alkanes of at least 4 members (excludes halogenated alkanes) is 6. The zero-order valence-electron chi connectivity index (χ0n) is 8.92. The van der Waals surface area contributed by atoms with Crippen molar-refractivity contribution in [2.75, 3.05) is 0 Å². The van der Waals surface area contributed by atoms with Crippen molar-refractivity contribution in [1.29, 1.82) is 0 Å². The van der Waals surface area contributed by atoms with Crippen LogP contribution in [0.25, 0.3) is 0 Å². The summed E-state index contributed by atoms with van der Waals surface area (Å²) in [4.78, 5) is 14.0. The van der Waals surface area contributed by atoms with Gasteiger partial charge in [-0.05, 0) is 6.42 Å². The summed E-state index contributed by atoms with van der Waals surface area (Å²) in [5.74, 6) is -0.520. The largest absolute Gasteiger partial charge is 0.342 e. The molecule has 4 heteroatoms. The molecule has 14 heavy (non-hydrogen) atoms. The van der Waals surface area contributed by atoms with Crippen LogP contribution in [0.5, 0.6) is 0 Å². The Kier molecular flexibility index (Phi) is 15.6. The van der Waals surface area contributed by atoms with Crippen molar-refractivity contribution in [3.63, 3.8) is 0 Å². The first kappa shape index (κ1) is 16.6. The van der Waals surface area contributed by atoms with E-state index in [0.717, 1.165) is 12.8 Å². The summed E-state index contributed by atoms with van der Waals surface area (Å²) < 4.78 is 0. The summed E-state index contributed by atoms with van der Waals surface area (Å²) in [6.45, 7) is 2.19. The van der Waals surface area contributed by atoms with Crippen LogP contribution in [-0.2, 0) is 31.4 Å². The van der Waals surface area contributed by atoms with Crippen LogP contribution < -0.4 is 0 Å². The maximum atomic E-state index is 10.5. The molecule has 0 aromatic heterocycles. The summed E-state index contributed by atoms with van der Waals surface area (Å²) in [5.41, 5.74) is 0. The fourth-order valence-electron chi connectivity index (χ4n) is 1.27. The van der Waals surface area contributed by atoms with Crippen molar-refractivity contribution in [2.24, 2.45) is 0 Å². The van der Waals surface area contributed by atoms with E-state index in [2.05, 4.69) is 11.8 Å². The third-order valence-corrected chi connectivity index (χ3v) is 2.09. The predicted molar refractivity (Wildman–Crippen MR) is 51.3 cm³/mol. The first-order valence-electron chi connectivity index (χ1n) is 5.15. The Morgan fingerprint density at radius 1 is 1.07 bits per heavy atom. The smallest absolute Gasteiger partial charge is 0.301 e. The van der Waals surface area contributed by atoms with Crippen molar-refractivity contribution >= 4 is 5.97 Å². The van der Waals surface area contributed by atoms with Gasteiger partial charge in [0.15, 0.2) is 0 Å². The molecule has 0 amide bonds. The van der Waals surface area contributed by atoms with E-state index in [1.54, 1.807) is 0 Å². The minimum Gasteiger partial charge on any atom is -0.301 e. The number of hydrogen-bond donors (Lipinski definition) is 1. The molecule has 0 aliphatic heterocycles. The monoisotopic (exact) mass is 236 g/mol. The third-order valence-electron chi connectivity index (χ3n) is 2.09.